The van der Waals surface area contributed by atoms with Crippen molar-refractivity contribution in [2.24, 2.45) is 5.92 Å². The van der Waals surface area contributed by atoms with Gasteiger partial charge in [0, 0.05) is 51.1 Å². The van der Waals surface area contributed by atoms with Crippen LogP contribution in [0, 0.1) is 16.0 Å². The highest BCUT2D eigenvalue weighted by Crippen LogP contribution is 2.22. The maximum Gasteiger partial charge on any atom is 0.274 e. The standard InChI is InChI=1S/C22H29N5O4/c1-16-13-24(14-17(2)31-16)15-18-7-10-25(11-8-18)22(28)21-9-12-26(23-21)19-3-5-20(6-4-19)27(29)30/h3-6,9,12,16-18H,7-8,10-11,13-15H2,1-2H3. The van der Waals surface area contributed by atoms with Crippen molar-refractivity contribution in [3.05, 3.63) is 52.3 Å². The number of hydrogen-bond donors (Lipinski definition) is 0. The molecule has 9 nitrogen and oxygen atoms in total. The van der Waals surface area contributed by atoms with Crippen molar-refractivity contribution in [1.82, 2.24) is 19.6 Å². The second-order valence-corrected chi connectivity index (χ2v) is 8.63. The predicted molar refractivity (Wildman–Crippen MR) is 115 cm³/mol. The molecule has 0 N–H and O–H groups in total. The van der Waals surface area contributed by atoms with Crippen LogP contribution < -0.4 is 0 Å². The maximum absolute atomic E-state index is 12.9. The van der Waals surface area contributed by atoms with Crippen molar-refractivity contribution in [2.75, 3.05) is 32.7 Å². The van der Waals surface area contributed by atoms with Gasteiger partial charge in [0.1, 0.15) is 0 Å². The number of nitro groups is 1. The van der Waals surface area contributed by atoms with E-state index in [1.165, 1.54) is 12.1 Å². The van der Waals surface area contributed by atoms with Crippen molar-refractivity contribution in [2.45, 2.75) is 38.9 Å². The number of nitro benzene ring substituents is 1. The van der Waals surface area contributed by atoms with Gasteiger partial charge in [-0.3, -0.25) is 19.8 Å². The number of nitrogens with zero attached hydrogens (tertiary/aromatic N) is 5. The van der Waals surface area contributed by atoms with Gasteiger partial charge >= 0.3 is 0 Å². The first-order chi connectivity index (χ1) is 14.9. The molecule has 2 aliphatic rings. The molecule has 0 spiro atoms. The Morgan fingerprint density at radius 2 is 1.77 bits per heavy atom. The first kappa shape index (κ1) is 21.5. The molecule has 0 bridgehead atoms. The van der Waals surface area contributed by atoms with Crippen LogP contribution in [0.1, 0.15) is 37.2 Å². The number of piperidine rings is 1. The van der Waals surface area contributed by atoms with E-state index in [9.17, 15) is 14.9 Å². The molecule has 1 amide bonds. The summed E-state index contributed by atoms with van der Waals surface area (Å²) in [4.78, 5) is 27.6. The molecule has 0 aliphatic carbocycles. The van der Waals surface area contributed by atoms with E-state index in [-0.39, 0.29) is 23.8 Å². The average Bonchev–Trinajstić information content (AvgIpc) is 3.23. The molecule has 2 unspecified atom stereocenters. The van der Waals surface area contributed by atoms with Gasteiger partial charge in [0.15, 0.2) is 5.69 Å². The molecule has 4 rings (SSSR count). The fourth-order valence-corrected chi connectivity index (χ4v) is 4.59. The number of benzene rings is 1. The van der Waals surface area contributed by atoms with Gasteiger partial charge in [-0.05, 0) is 50.8 Å². The largest absolute Gasteiger partial charge is 0.373 e. The van der Waals surface area contributed by atoms with E-state index in [4.69, 9.17) is 4.74 Å². The topological polar surface area (TPSA) is 93.7 Å². The van der Waals surface area contributed by atoms with Crippen molar-refractivity contribution in [1.29, 1.82) is 0 Å². The lowest BCUT2D eigenvalue weighted by Gasteiger charge is -2.39. The molecule has 1 aromatic carbocycles. The zero-order chi connectivity index (χ0) is 22.0. The summed E-state index contributed by atoms with van der Waals surface area (Å²) in [6.45, 7) is 8.74. The molecule has 1 aromatic heterocycles. The number of ether oxygens (including phenoxy) is 1. The summed E-state index contributed by atoms with van der Waals surface area (Å²) < 4.78 is 7.39. The first-order valence-corrected chi connectivity index (χ1v) is 10.9. The molecule has 2 aromatic rings. The maximum atomic E-state index is 12.9. The van der Waals surface area contributed by atoms with Crippen LogP contribution in [0.25, 0.3) is 5.69 Å². The molecular formula is C22H29N5O4. The zero-order valence-corrected chi connectivity index (χ0v) is 18.0. The Labute approximate surface area is 181 Å². The zero-order valence-electron chi connectivity index (χ0n) is 18.0. The molecule has 9 heteroatoms. The minimum Gasteiger partial charge on any atom is -0.373 e. The third-order valence-electron chi connectivity index (χ3n) is 6.05. The van der Waals surface area contributed by atoms with Crippen LogP contribution >= 0.6 is 0 Å². The number of carbonyl (C=O) groups excluding carboxylic acids is 1. The van der Waals surface area contributed by atoms with E-state index in [1.807, 2.05) is 4.90 Å². The van der Waals surface area contributed by atoms with Crippen molar-refractivity contribution < 1.29 is 14.5 Å². The molecule has 31 heavy (non-hydrogen) atoms. The van der Waals surface area contributed by atoms with Crippen LogP contribution in [-0.2, 0) is 4.74 Å². The van der Waals surface area contributed by atoms with Crippen molar-refractivity contribution in [3.63, 3.8) is 0 Å². The highest BCUT2D eigenvalue weighted by atomic mass is 16.6. The van der Waals surface area contributed by atoms with Crippen molar-refractivity contribution >= 4 is 11.6 Å². The number of carbonyl (C=O) groups is 1. The number of amides is 1. The van der Waals surface area contributed by atoms with Crippen LogP contribution in [0.3, 0.4) is 0 Å². The number of aromatic nitrogens is 2. The van der Waals surface area contributed by atoms with Gasteiger partial charge in [-0.1, -0.05) is 0 Å². The molecule has 166 valence electrons. The summed E-state index contributed by atoms with van der Waals surface area (Å²) >= 11 is 0. The quantitative estimate of drug-likeness (QED) is 0.538. The van der Waals surface area contributed by atoms with E-state index in [2.05, 4.69) is 23.8 Å². The average molecular weight is 428 g/mol. The molecule has 0 radical (unpaired) electrons. The molecule has 2 aliphatic heterocycles. The van der Waals surface area contributed by atoms with E-state index < -0.39 is 4.92 Å². The summed E-state index contributed by atoms with van der Waals surface area (Å²) in [5.41, 5.74) is 1.10. The Morgan fingerprint density at radius 3 is 2.39 bits per heavy atom. The summed E-state index contributed by atoms with van der Waals surface area (Å²) in [6, 6.07) is 7.81. The summed E-state index contributed by atoms with van der Waals surface area (Å²) in [7, 11) is 0. The molecule has 2 atom stereocenters. The highest BCUT2D eigenvalue weighted by Gasteiger charge is 2.29. The third kappa shape index (κ3) is 5.11. The van der Waals surface area contributed by atoms with E-state index in [1.54, 1.807) is 29.1 Å². The van der Waals surface area contributed by atoms with Gasteiger partial charge < -0.3 is 9.64 Å². The number of non-ortho nitro benzene ring substituents is 1. The number of rotatable bonds is 5. The lowest BCUT2D eigenvalue weighted by Crippen LogP contribution is -2.48. The normalized spacial score (nSPS) is 23.1. The summed E-state index contributed by atoms with van der Waals surface area (Å²) in [6.07, 6.45) is 4.25. The second kappa shape index (κ2) is 9.15. The predicted octanol–water partition coefficient (Wildman–Crippen LogP) is 2.74. The molecule has 0 saturated carbocycles. The molecule has 2 fully saturated rings. The van der Waals surface area contributed by atoms with Gasteiger partial charge in [0.05, 0.1) is 22.8 Å². The molecular weight excluding hydrogens is 398 g/mol. The Balaban J connectivity index is 1.31. The Kier molecular flexibility index (Phi) is 6.33. The van der Waals surface area contributed by atoms with Gasteiger partial charge in [0.25, 0.3) is 11.6 Å². The van der Waals surface area contributed by atoms with Crippen LogP contribution in [0.2, 0.25) is 0 Å². The SMILES string of the molecule is CC1CN(CC2CCN(C(=O)c3ccn(-c4ccc([N+](=O)[O-])cc4)n3)CC2)CC(C)O1. The van der Waals surface area contributed by atoms with Gasteiger partial charge in [-0.2, -0.15) is 5.10 Å². The van der Waals surface area contributed by atoms with Crippen LogP contribution in [0.5, 0.6) is 0 Å². The smallest absolute Gasteiger partial charge is 0.274 e. The Morgan fingerprint density at radius 1 is 1.13 bits per heavy atom. The van der Waals surface area contributed by atoms with Crippen LogP contribution in [0.15, 0.2) is 36.5 Å². The summed E-state index contributed by atoms with van der Waals surface area (Å²) in [5, 5.41) is 15.2. The third-order valence-corrected chi connectivity index (χ3v) is 6.05. The Bertz CT molecular complexity index is 910. The van der Waals surface area contributed by atoms with E-state index in [0.29, 0.717) is 17.3 Å². The van der Waals surface area contributed by atoms with Gasteiger partial charge in [-0.25, -0.2) is 4.68 Å². The first-order valence-electron chi connectivity index (χ1n) is 10.9. The van der Waals surface area contributed by atoms with Crippen LogP contribution in [0.4, 0.5) is 5.69 Å². The fraction of sp³-hybridized carbons (Fsp3) is 0.545. The fourth-order valence-electron chi connectivity index (χ4n) is 4.59. The van der Waals surface area contributed by atoms with E-state index >= 15 is 0 Å². The van der Waals surface area contributed by atoms with Crippen LogP contribution in [-0.4, -0.2) is 75.3 Å². The number of hydrogen-bond acceptors (Lipinski definition) is 6. The van der Waals surface area contributed by atoms with Gasteiger partial charge in [0.2, 0.25) is 0 Å². The second-order valence-electron chi connectivity index (χ2n) is 8.63. The molecule has 3 heterocycles. The summed E-state index contributed by atoms with van der Waals surface area (Å²) in [5.74, 6) is 0.534. The van der Waals surface area contributed by atoms with E-state index in [0.717, 1.165) is 45.6 Å². The number of morpholine rings is 1. The van der Waals surface area contributed by atoms with Crippen molar-refractivity contribution in [3.8, 4) is 5.69 Å². The lowest BCUT2D eigenvalue weighted by molar-refractivity contribution is -0.384. The minimum atomic E-state index is -0.439. The monoisotopic (exact) mass is 427 g/mol. The number of likely N-dealkylation sites (tertiary alicyclic amines) is 1. The Hall–Kier alpha value is -2.78. The minimum absolute atomic E-state index is 0.0241. The lowest BCUT2D eigenvalue weighted by atomic mass is 9.95. The highest BCUT2D eigenvalue weighted by molar-refractivity contribution is 5.92. The van der Waals surface area contributed by atoms with Gasteiger partial charge in [-0.15, -0.1) is 0 Å². The molecule has 2 saturated heterocycles.